The predicted molar refractivity (Wildman–Crippen MR) is 84.3 cm³/mol. The third-order valence-corrected chi connectivity index (χ3v) is 3.41. The zero-order valence-corrected chi connectivity index (χ0v) is 13.1. The van der Waals surface area contributed by atoms with Crippen molar-refractivity contribution in [2.24, 2.45) is 5.92 Å². The van der Waals surface area contributed by atoms with Crippen LogP contribution in [0.25, 0.3) is 5.69 Å². The average molecular weight is 289 g/mol. The summed E-state index contributed by atoms with van der Waals surface area (Å²) in [6, 6.07) is 4.78. The van der Waals surface area contributed by atoms with Gasteiger partial charge in [0.15, 0.2) is 0 Å². The molecule has 0 amide bonds. The first-order valence-corrected chi connectivity index (χ1v) is 7.57. The molecular formula is C17H24FN3. The standard InChI is InChI=1S/C17H24FN3/c1-13(2)10-19-8-4-5-15-11-20-21(12-15)17-7-6-16(18)9-14(17)3/h6-7,9,11-13,19H,4-5,8,10H2,1-3H3. The highest BCUT2D eigenvalue weighted by Crippen LogP contribution is 2.15. The van der Waals surface area contributed by atoms with Gasteiger partial charge in [-0.1, -0.05) is 13.8 Å². The van der Waals surface area contributed by atoms with Crippen molar-refractivity contribution in [1.82, 2.24) is 15.1 Å². The molecule has 1 aromatic carbocycles. The van der Waals surface area contributed by atoms with Crippen LogP contribution in [0.1, 0.15) is 31.4 Å². The van der Waals surface area contributed by atoms with E-state index in [1.807, 2.05) is 24.0 Å². The number of hydrogen-bond donors (Lipinski definition) is 1. The maximum absolute atomic E-state index is 13.1. The first-order valence-electron chi connectivity index (χ1n) is 7.57. The van der Waals surface area contributed by atoms with E-state index in [4.69, 9.17) is 0 Å². The van der Waals surface area contributed by atoms with E-state index in [1.165, 1.54) is 17.7 Å². The minimum absolute atomic E-state index is 0.208. The summed E-state index contributed by atoms with van der Waals surface area (Å²) in [6.45, 7) is 8.41. The molecule has 0 atom stereocenters. The molecule has 0 aliphatic heterocycles. The molecule has 0 spiro atoms. The van der Waals surface area contributed by atoms with Gasteiger partial charge in [0.25, 0.3) is 0 Å². The molecule has 0 aliphatic rings. The Hall–Kier alpha value is -1.68. The second-order valence-electron chi connectivity index (χ2n) is 5.93. The zero-order valence-electron chi connectivity index (χ0n) is 13.1. The third-order valence-electron chi connectivity index (χ3n) is 3.41. The second-order valence-corrected chi connectivity index (χ2v) is 5.93. The molecule has 0 radical (unpaired) electrons. The van der Waals surface area contributed by atoms with Crippen molar-refractivity contribution in [1.29, 1.82) is 0 Å². The van der Waals surface area contributed by atoms with Gasteiger partial charge in [-0.2, -0.15) is 5.10 Å². The molecular weight excluding hydrogens is 265 g/mol. The number of halogens is 1. The Morgan fingerprint density at radius 2 is 2.14 bits per heavy atom. The number of aryl methyl sites for hydroxylation is 2. The van der Waals surface area contributed by atoms with E-state index in [1.54, 1.807) is 6.07 Å². The lowest BCUT2D eigenvalue weighted by Crippen LogP contribution is -2.20. The van der Waals surface area contributed by atoms with Gasteiger partial charge in [0.05, 0.1) is 11.9 Å². The summed E-state index contributed by atoms with van der Waals surface area (Å²) in [6.07, 6.45) is 6.03. The van der Waals surface area contributed by atoms with Gasteiger partial charge >= 0.3 is 0 Å². The summed E-state index contributed by atoms with van der Waals surface area (Å²) >= 11 is 0. The van der Waals surface area contributed by atoms with Crippen molar-refractivity contribution >= 4 is 0 Å². The first-order chi connectivity index (χ1) is 10.1. The molecule has 1 N–H and O–H groups in total. The van der Waals surface area contributed by atoms with Gasteiger partial charge in [-0.05, 0) is 68.1 Å². The summed E-state index contributed by atoms with van der Waals surface area (Å²) < 4.78 is 15.0. The minimum Gasteiger partial charge on any atom is -0.316 e. The van der Waals surface area contributed by atoms with Gasteiger partial charge in [0.1, 0.15) is 5.82 Å². The van der Waals surface area contributed by atoms with Crippen molar-refractivity contribution < 1.29 is 4.39 Å². The van der Waals surface area contributed by atoms with Crippen LogP contribution in [0.4, 0.5) is 4.39 Å². The Morgan fingerprint density at radius 3 is 2.86 bits per heavy atom. The molecule has 21 heavy (non-hydrogen) atoms. The third kappa shape index (κ3) is 4.67. The average Bonchev–Trinajstić information content (AvgIpc) is 2.86. The van der Waals surface area contributed by atoms with Crippen molar-refractivity contribution in [3.63, 3.8) is 0 Å². The molecule has 114 valence electrons. The lowest BCUT2D eigenvalue weighted by Gasteiger charge is -2.06. The van der Waals surface area contributed by atoms with E-state index < -0.39 is 0 Å². The van der Waals surface area contributed by atoms with Gasteiger partial charge in [-0.15, -0.1) is 0 Å². The van der Waals surface area contributed by atoms with Gasteiger partial charge in [0.2, 0.25) is 0 Å². The van der Waals surface area contributed by atoms with Crippen LogP contribution in [0.3, 0.4) is 0 Å². The van der Waals surface area contributed by atoms with Crippen LogP contribution in [0.15, 0.2) is 30.6 Å². The Kier molecular flexibility index (Phi) is 5.51. The predicted octanol–water partition coefficient (Wildman–Crippen LogP) is 3.50. The molecule has 0 bridgehead atoms. The quantitative estimate of drug-likeness (QED) is 0.791. The van der Waals surface area contributed by atoms with Crippen LogP contribution in [0, 0.1) is 18.7 Å². The zero-order chi connectivity index (χ0) is 15.2. The van der Waals surface area contributed by atoms with Gasteiger partial charge in [-0.25, -0.2) is 9.07 Å². The van der Waals surface area contributed by atoms with Crippen molar-refractivity contribution in [3.05, 3.63) is 47.5 Å². The summed E-state index contributed by atoms with van der Waals surface area (Å²) in [5, 5.41) is 7.82. The Morgan fingerprint density at radius 1 is 1.33 bits per heavy atom. The molecule has 2 aromatic rings. The highest BCUT2D eigenvalue weighted by atomic mass is 19.1. The molecule has 0 unspecified atom stereocenters. The monoisotopic (exact) mass is 289 g/mol. The molecule has 1 aromatic heterocycles. The summed E-state index contributed by atoms with van der Waals surface area (Å²) in [7, 11) is 0. The largest absolute Gasteiger partial charge is 0.316 e. The Labute approximate surface area is 126 Å². The van der Waals surface area contributed by atoms with E-state index in [2.05, 4.69) is 24.3 Å². The van der Waals surface area contributed by atoms with Crippen LogP contribution >= 0.6 is 0 Å². The molecule has 2 rings (SSSR count). The normalized spacial score (nSPS) is 11.3. The van der Waals surface area contributed by atoms with Gasteiger partial charge in [-0.3, -0.25) is 0 Å². The number of rotatable bonds is 7. The van der Waals surface area contributed by atoms with Gasteiger partial charge < -0.3 is 5.32 Å². The van der Waals surface area contributed by atoms with Crippen LogP contribution in [0.5, 0.6) is 0 Å². The first kappa shape index (κ1) is 15.7. The minimum atomic E-state index is -0.208. The molecule has 0 saturated carbocycles. The van der Waals surface area contributed by atoms with Crippen molar-refractivity contribution in [3.8, 4) is 5.69 Å². The number of nitrogens with one attached hydrogen (secondary N) is 1. The topological polar surface area (TPSA) is 29.9 Å². The maximum atomic E-state index is 13.1. The van der Waals surface area contributed by atoms with E-state index in [0.29, 0.717) is 5.92 Å². The SMILES string of the molecule is Cc1cc(F)ccc1-n1cc(CCCNCC(C)C)cn1. The van der Waals surface area contributed by atoms with E-state index >= 15 is 0 Å². The molecule has 0 aliphatic carbocycles. The van der Waals surface area contributed by atoms with E-state index in [9.17, 15) is 4.39 Å². The lowest BCUT2D eigenvalue weighted by molar-refractivity contribution is 0.543. The van der Waals surface area contributed by atoms with Crippen molar-refractivity contribution in [2.45, 2.75) is 33.6 Å². The highest BCUT2D eigenvalue weighted by Gasteiger charge is 2.05. The summed E-state index contributed by atoms with van der Waals surface area (Å²) in [4.78, 5) is 0. The fraction of sp³-hybridized carbons (Fsp3) is 0.471. The van der Waals surface area contributed by atoms with Crippen LogP contribution in [-0.4, -0.2) is 22.9 Å². The lowest BCUT2D eigenvalue weighted by atomic mass is 10.2. The number of benzene rings is 1. The molecule has 4 heteroatoms. The Bertz CT molecular complexity index is 575. The molecule has 1 heterocycles. The number of hydrogen-bond acceptors (Lipinski definition) is 2. The molecule has 0 fully saturated rings. The molecule has 3 nitrogen and oxygen atoms in total. The Balaban J connectivity index is 1.89. The van der Waals surface area contributed by atoms with E-state index in [0.717, 1.165) is 37.2 Å². The van der Waals surface area contributed by atoms with Gasteiger partial charge in [0, 0.05) is 6.20 Å². The fourth-order valence-corrected chi connectivity index (χ4v) is 2.31. The highest BCUT2D eigenvalue weighted by molar-refractivity contribution is 5.40. The fourth-order valence-electron chi connectivity index (χ4n) is 2.31. The smallest absolute Gasteiger partial charge is 0.123 e. The second kappa shape index (κ2) is 7.36. The number of aromatic nitrogens is 2. The summed E-state index contributed by atoms with van der Waals surface area (Å²) in [5.74, 6) is 0.481. The maximum Gasteiger partial charge on any atom is 0.123 e. The van der Waals surface area contributed by atoms with Crippen LogP contribution in [-0.2, 0) is 6.42 Å². The van der Waals surface area contributed by atoms with E-state index in [-0.39, 0.29) is 5.82 Å². The molecule has 0 saturated heterocycles. The van der Waals surface area contributed by atoms with Crippen molar-refractivity contribution in [2.75, 3.05) is 13.1 Å². The summed E-state index contributed by atoms with van der Waals surface area (Å²) in [5.41, 5.74) is 3.04. The number of nitrogens with zero attached hydrogens (tertiary/aromatic N) is 2. The van der Waals surface area contributed by atoms with Crippen LogP contribution in [0.2, 0.25) is 0 Å². The van der Waals surface area contributed by atoms with Crippen LogP contribution < -0.4 is 5.32 Å².